The number of hydrazine groups is 1. The highest BCUT2D eigenvalue weighted by Crippen LogP contribution is 2.32. The molecule has 0 spiro atoms. The van der Waals surface area contributed by atoms with Gasteiger partial charge in [0.1, 0.15) is 0 Å². The van der Waals surface area contributed by atoms with Crippen molar-refractivity contribution in [2.75, 3.05) is 16.8 Å². The van der Waals surface area contributed by atoms with Crippen molar-refractivity contribution in [3.8, 4) is 0 Å². The highest BCUT2D eigenvalue weighted by molar-refractivity contribution is 6.30. The first kappa shape index (κ1) is 26.2. The number of hydrogen-bond donors (Lipinski definition) is 3. The van der Waals surface area contributed by atoms with Gasteiger partial charge in [-0.1, -0.05) is 23.7 Å². The van der Waals surface area contributed by atoms with Crippen LogP contribution in [-0.2, 0) is 27.4 Å². The van der Waals surface area contributed by atoms with Crippen LogP contribution in [0.15, 0.2) is 42.5 Å². The Kier molecular flexibility index (Phi) is 7.52. The minimum atomic E-state index is -1.05. The van der Waals surface area contributed by atoms with E-state index in [4.69, 9.17) is 23.3 Å². The lowest BCUT2D eigenvalue weighted by molar-refractivity contribution is -0.145. The molecule has 2 aromatic rings. The molecule has 0 aromatic heterocycles. The second-order valence-corrected chi connectivity index (χ2v) is 9.36. The number of carbonyl (C=O) groups excluding carboxylic acids is 4. The van der Waals surface area contributed by atoms with Crippen molar-refractivity contribution in [3.63, 3.8) is 0 Å². The Balaban J connectivity index is 1.65. The van der Waals surface area contributed by atoms with Crippen molar-refractivity contribution in [1.82, 2.24) is 14.8 Å². The summed E-state index contributed by atoms with van der Waals surface area (Å²) < 4.78 is 0. The number of rotatable bonds is 7. The lowest BCUT2D eigenvalue weighted by atomic mass is 10.1. The molecule has 2 heterocycles. The smallest absolute Gasteiger partial charge is 0.346 e. The first-order chi connectivity index (χ1) is 17.6. The Morgan fingerprint density at radius 3 is 2.51 bits per heavy atom. The van der Waals surface area contributed by atoms with Crippen LogP contribution in [0.2, 0.25) is 5.02 Å². The SMILES string of the molecule is CC(=O)N1CCc2cc(NC3N(N)C(=O)N([C@@H](C)CC(=O)ON)C(=O)N3Cc3ccc(Cl)cc3)ccc21. The molecule has 0 aliphatic carbocycles. The number of nitrogens with two attached hydrogens (primary N) is 2. The van der Waals surface area contributed by atoms with Gasteiger partial charge >= 0.3 is 18.0 Å². The molecule has 1 unspecified atom stereocenters. The molecule has 5 amide bonds. The average molecular weight is 530 g/mol. The van der Waals surface area contributed by atoms with Gasteiger partial charge in [-0.05, 0) is 54.8 Å². The standard InChI is InChI=1S/C24H28ClN7O5/c1-14(11-21(34)37-27)31-23(35)30(13-16-3-5-18(25)6-4-16)22(32(26)24(31)36)28-19-7-8-20-17(12-19)9-10-29(20)15(2)33/h3-8,12,14,22,28H,9-11,13,26-27H2,1-2H3/t14-,22?/m0/s1. The first-order valence-electron chi connectivity index (χ1n) is 11.6. The minimum Gasteiger partial charge on any atom is -0.373 e. The third-order valence-corrected chi connectivity index (χ3v) is 6.64. The average Bonchev–Trinajstić information content (AvgIpc) is 3.29. The van der Waals surface area contributed by atoms with Gasteiger partial charge in [0.2, 0.25) is 12.2 Å². The van der Waals surface area contributed by atoms with Crippen LogP contribution >= 0.6 is 11.6 Å². The first-order valence-corrected chi connectivity index (χ1v) is 12.0. The second-order valence-electron chi connectivity index (χ2n) is 8.92. The van der Waals surface area contributed by atoms with E-state index in [0.717, 1.165) is 26.7 Å². The van der Waals surface area contributed by atoms with E-state index in [-0.39, 0.29) is 18.9 Å². The van der Waals surface area contributed by atoms with Crippen LogP contribution in [0.5, 0.6) is 0 Å². The summed E-state index contributed by atoms with van der Waals surface area (Å²) in [7, 11) is 0. The van der Waals surface area contributed by atoms with Crippen LogP contribution in [0.1, 0.15) is 31.4 Å². The van der Waals surface area contributed by atoms with Crippen molar-refractivity contribution in [1.29, 1.82) is 0 Å². The number of urea groups is 2. The number of fused-ring (bicyclic) bond motifs is 1. The van der Waals surface area contributed by atoms with Crippen molar-refractivity contribution in [3.05, 3.63) is 58.6 Å². The number of nitrogens with zero attached hydrogens (tertiary/aromatic N) is 4. The van der Waals surface area contributed by atoms with E-state index in [0.29, 0.717) is 23.7 Å². The summed E-state index contributed by atoms with van der Waals surface area (Å²) in [5.41, 5.74) is 3.13. The molecule has 0 bridgehead atoms. The monoisotopic (exact) mass is 529 g/mol. The number of anilines is 2. The lowest BCUT2D eigenvalue weighted by Gasteiger charge is -2.47. The Morgan fingerprint density at radius 2 is 1.86 bits per heavy atom. The quantitative estimate of drug-likeness (QED) is 0.280. The van der Waals surface area contributed by atoms with E-state index in [2.05, 4.69) is 10.2 Å². The maximum absolute atomic E-state index is 13.6. The summed E-state index contributed by atoms with van der Waals surface area (Å²) >= 11 is 6.01. The molecule has 1 fully saturated rings. The van der Waals surface area contributed by atoms with Crippen LogP contribution in [0, 0.1) is 0 Å². The van der Waals surface area contributed by atoms with Crippen molar-refractivity contribution in [2.24, 2.45) is 11.7 Å². The largest absolute Gasteiger partial charge is 0.373 e. The molecule has 2 aliphatic rings. The number of imide groups is 1. The van der Waals surface area contributed by atoms with E-state index in [1.54, 1.807) is 35.2 Å². The van der Waals surface area contributed by atoms with E-state index in [1.807, 2.05) is 12.1 Å². The third-order valence-electron chi connectivity index (χ3n) is 6.39. The highest BCUT2D eigenvalue weighted by Gasteiger charge is 2.45. The molecular weight excluding hydrogens is 502 g/mol. The van der Waals surface area contributed by atoms with E-state index in [9.17, 15) is 19.2 Å². The molecule has 12 nitrogen and oxygen atoms in total. The number of halogens is 1. The van der Waals surface area contributed by atoms with Crippen LogP contribution in [0.3, 0.4) is 0 Å². The molecule has 2 aromatic carbocycles. The second kappa shape index (κ2) is 10.6. The van der Waals surface area contributed by atoms with Crippen LogP contribution in [0.25, 0.3) is 0 Å². The Hall–Kier alpha value is -3.87. The van der Waals surface area contributed by atoms with Gasteiger partial charge in [-0.25, -0.2) is 25.3 Å². The van der Waals surface area contributed by atoms with Gasteiger partial charge in [0, 0.05) is 29.9 Å². The molecule has 0 saturated carbocycles. The summed E-state index contributed by atoms with van der Waals surface area (Å²) in [5, 5.41) is 4.61. The summed E-state index contributed by atoms with van der Waals surface area (Å²) in [5.74, 6) is 10.3. The maximum atomic E-state index is 13.6. The summed E-state index contributed by atoms with van der Waals surface area (Å²) in [6.45, 7) is 3.71. The van der Waals surface area contributed by atoms with Gasteiger partial charge in [0.05, 0.1) is 19.0 Å². The number of carbonyl (C=O) groups is 4. The van der Waals surface area contributed by atoms with E-state index in [1.165, 1.54) is 18.7 Å². The van der Waals surface area contributed by atoms with E-state index < -0.39 is 30.4 Å². The predicted octanol–water partition coefficient (Wildman–Crippen LogP) is 2.37. The molecule has 196 valence electrons. The Bertz CT molecular complexity index is 1220. The molecular formula is C24H28ClN7O5. The van der Waals surface area contributed by atoms with Crippen molar-refractivity contribution >= 4 is 46.9 Å². The zero-order valence-corrected chi connectivity index (χ0v) is 21.1. The molecule has 4 rings (SSSR count). The van der Waals surface area contributed by atoms with Gasteiger partial charge in [-0.2, -0.15) is 5.90 Å². The molecule has 0 radical (unpaired) electrons. The van der Waals surface area contributed by atoms with Crippen molar-refractivity contribution < 1.29 is 24.0 Å². The number of benzene rings is 2. The summed E-state index contributed by atoms with van der Waals surface area (Å²) in [6, 6.07) is 10.0. The molecule has 2 aliphatic heterocycles. The number of nitrogens with one attached hydrogen (secondary N) is 1. The van der Waals surface area contributed by atoms with Crippen LogP contribution in [-0.4, -0.2) is 57.6 Å². The van der Waals surface area contributed by atoms with Crippen LogP contribution in [0.4, 0.5) is 21.0 Å². The molecule has 37 heavy (non-hydrogen) atoms. The zero-order chi connectivity index (χ0) is 26.9. The zero-order valence-electron chi connectivity index (χ0n) is 20.4. The van der Waals surface area contributed by atoms with E-state index >= 15 is 0 Å². The fourth-order valence-electron chi connectivity index (χ4n) is 4.52. The third kappa shape index (κ3) is 5.31. The van der Waals surface area contributed by atoms with Gasteiger partial charge in [0.25, 0.3) is 0 Å². The normalized spacial score (nSPS) is 18.1. The molecule has 2 atom stereocenters. The summed E-state index contributed by atoms with van der Waals surface area (Å²) in [6.07, 6.45) is -0.674. The number of hydrogen-bond acceptors (Lipinski definition) is 8. The Morgan fingerprint density at radius 1 is 1.16 bits per heavy atom. The summed E-state index contributed by atoms with van der Waals surface area (Å²) in [4.78, 5) is 58.6. The fraction of sp³-hybridized carbons (Fsp3) is 0.333. The molecule has 13 heteroatoms. The Labute approximate surface area is 218 Å². The van der Waals surface area contributed by atoms with Gasteiger partial charge in [-0.15, -0.1) is 0 Å². The minimum absolute atomic E-state index is 0.0436. The fourth-order valence-corrected chi connectivity index (χ4v) is 4.64. The topological polar surface area (TPSA) is 155 Å². The predicted molar refractivity (Wildman–Crippen MR) is 136 cm³/mol. The van der Waals surface area contributed by atoms with Crippen LogP contribution < -0.4 is 22.0 Å². The highest BCUT2D eigenvalue weighted by atomic mass is 35.5. The number of amides is 5. The lowest BCUT2D eigenvalue weighted by Crippen LogP contribution is -2.71. The van der Waals surface area contributed by atoms with Crippen molar-refractivity contribution in [2.45, 2.75) is 45.6 Å². The van der Waals surface area contributed by atoms with Gasteiger partial charge in [-0.3, -0.25) is 14.5 Å². The van der Waals surface area contributed by atoms with Gasteiger partial charge < -0.3 is 15.1 Å². The maximum Gasteiger partial charge on any atom is 0.346 e. The van der Waals surface area contributed by atoms with Gasteiger partial charge in [0.15, 0.2) is 0 Å². The molecule has 1 saturated heterocycles. The molecule has 5 N–H and O–H groups in total.